The number of aliphatic hydroxyl groups excluding tert-OH is 3. The second-order valence-electron chi connectivity index (χ2n) is 13.6. The minimum absolute atomic E-state index is 0.157. The molecule has 0 radical (unpaired) electrons. The maximum absolute atomic E-state index is 12.7. The first-order valence-electron chi connectivity index (χ1n) is 19.2. The molecule has 0 saturated carbocycles. The SMILES string of the molecule is CCCCC/C=C\CCCCCCCC(=O)OC(COC(=O)CCCCCCCCCCCC)COC1OC(CS(=O)(=O)O)C(O)C(O)C1O. The smallest absolute Gasteiger partial charge is 0.306 e. The predicted octanol–water partition coefficient (Wildman–Crippen LogP) is 6.33. The molecule has 1 fully saturated rings. The molecule has 0 aromatic heterocycles. The van der Waals surface area contributed by atoms with Gasteiger partial charge in [-0.05, 0) is 38.5 Å². The van der Waals surface area contributed by atoms with Gasteiger partial charge in [-0.25, -0.2) is 0 Å². The van der Waals surface area contributed by atoms with E-state index in [9.17, 15) is 37.9 Å². The molecule has 1 saturated heterocycles. The highest BCUT2D eigenvalue weighted by atomic mass is 32.2. The van der Waals surface area contributed by atoms with E-state index in [2.05, 4.69) is 26.0 Å². The first kappa shape index (κ1) is 46.4. The molecule has 0 amide bonds. The van der Waals surface area contributed by atoms with Crippen LogP contribution in [-0.2, 0) is 38.7 Å². The lowest BCUT2D eigenvalue weighted by Gasteiger charge is -2.40. The van der Waals surface area contributed by atoms with Crippen LogP contribution in [0.15, 0.2) is 12.2 Å². The van der Waals surface area contributed by atoms with Crippen molar-refractivity contribution in [3.63, 3.8) is 0 Å². The molecule has 1 rings (SSSR count). The van der Waals surface area contributed by atoms with Crippen molar-refractivity contribution < 1.29 is 56.8 Å². The summed E-state index contributed by atoms with van der Waals surface area (Å²) in [4.78, 5) is 25.2. The molecular formula is C37H68O12S. The van der Waals surface area contributed by atoms with Gasteiger partial charge >= 0.3 is 11.9 Å². The first-order chi connectivity index (χ1) is 24.0. The van der Waals surface area contributed by atoms with E-state index in [4.69, 9.17) is 18.9 Å². The van der Waals surface area contributed by atoms with Crippen LogP contribution in [0.1, 0.15) is 155 Å². The van der Waals surface area contributed by atoms with Crippen LogP contribution in [-0.4, -0.2) is 96.0 Å². The first-order valence-corrected chi connectivity index (χ1v) is 20.9. The number of ether oxygens (including phenoxy) is 4. The Balaban J connectivity index is 2.54. The van der Waals surface area contributed by atoms with Crippen LogP contribution < -0.4 is 0 Å². The molecule has 1 aliphatic rings. The predicted molar refractivity (Wildman–Crippen MR) is 192 cm³/mol. The van der Waals surface area contributed by atoms with Gasteiger partial charge in [0.15, 0.2) is 12.4 Å². The standard InChI is InChI=1S/C37H68O12S/c1-3-5-7-9-11-13-15-16-18-20-22-24-26-33(39)48-30(27-46-32(38)25-23-21-19-17-14-12-10-8-6-4-2)28-47-37-36(42)35(41)34(40)31(49-37)29-50(43,44)45/h11,13,30-31,34-37,40-42H,3-10,12,14-29H2,1-2H3,(H,43,44,45)/b13-11-. The second-order valence-corrected chi connectivity index (χ2v) is 15.1. The summed E-state index contributed by atoms with van der Waals surface area (Å²) in [5, 5.41) is 30.7. The largest absolute Gasteiger partial charge is 0.462 e. The molecule has 1 aliphatic heterocycles. The average molecular weight is 737 g/mol. The number of unbranched alkanes of at least 4 members (excludes halogenated alkanes) is 17. The molecule has 294 valence electrons. The fourth-order valence-electron chi connectivity index (χ4n) is 5.79. The number of allylic oxidation sites excluding steroid dienone is 2. The van der Waals surface area contributed by atoms with Gasteiger partial charge in [-0.15, -0.1) is 0 Å². The summed E-state index contributed by atoms with van der Waals surface area (Å²) in [6, 6.07) is 0. The van der Waals surface area contributed by atoms with E-state index in [-0.39, 0.29) is 19.4 Å². The van der Waals surface area contributed by atoms with E-state index in [1.165, 1.54) is 57.8 Å². The van der Waals surface area contributed by atoms with Crippen molar-refractivity contribution in [2.24, 2.45) is 0 Å². The van der Waals surface area contributed by atoms with E-state index < -0.39 is 71.2 Å². The maximum Gasteiger partial charge on any atom is 0.306 e. The van der Waals surface area contributed by atoms with Crippen molar-refractivity contribution >= 4 is 22.1 Å². The van der Waals surface area contributed by atoms with E-state index in [1.807, 2.05) is 0 Å². The number of aliphatic hydroxyl groups is 3. The summed E-state index contributed by atoms with van der Waals surface area (Å²) in [6.45, 7) is 3.68. The Morgan fingerprint density at radius 1 is 0.660 bits per heavy atom. The van der Waals surface area contributed by atoms with Gasteiger partial charge in [-0.1, -0.05) is 116 Å². The molecule has 12 nitrogen and oxygen atoms in total. The van der Waals surface area contributed by atoms with Gasteiger partial charge in [0.05, 0.1) is 6.61 Å². The third-order valence-electron chi connectivity index (χ3n) is 8.85. The molecule has 0 bridgehead atoms. The molecule has 50 heavy (non-hydrogen) atoms. The van der Waals surface area contributed by atoms with Gasteiger partial charge in [0.2, 0.25) is 0 Å². The summed E-state index contributed by atoms with van der Waals surface area (Å²) in [5.41, 5.74) is 0. The zero-order valence-corrected chi connectivity index (χ0v) is 31.6. The number of rotatable bonds is 31. The third kappa shape index (κ3) is 23.8. The van der Waals surface area contributed by atoms with Crippen molar-refractivity contribution in [2.75, 3.05) is 19.0 Å². The van der Waals surface area contributed by atoms with Gasteiger partial charge in [-0.2, -0.15) is 8.42 Å². The molecule has 0 aromatic carbocycles. The van der Waals surface area contributed by atoms with Gasteiger partial charge in [0, 0.05) is 12.8 Å². The van der Waals surface area contributed by atoms with Crippen molar-refractivity contribution in [1.29, 1.82) is 0 Å². The van der Waals surface area contributed by atoms with Gasteiger partial charge in [-0.3, -0.25) is 14.1 Å². The van der Waals surface area contributed by atoms with Crippen molar-refractivity contribution in [1.82, 2.24) is 0 Å². The third-order valence-corrected chi connectivity index (χ3v) is 9.60. The Bertz CT molecular complexity index is 1000. The van der Waals surface area contributed by atoms with Crippen LogP contribution in [0.3, 0.4) is 0 Å². The fraction of sp³-hybridized carbons (Fsp3) is 0.892. The Morgan fingerprint density at radius 2 is 1.14 bits per heavy atom. The van der Waals surface area contributed by atoms with Crippen molar-refractivity contribution in [3.8, 4) is 0 Å². The molecular weight excluding hydrogens is 668 g/mol. The van der Waals surface area contributed by atoms with Crippen LogP contribution in [0.25, 0.3) is 0 Å². The lowest BCUT2D eigenvalue weighted by Crippen LogP contribution is -2.60. The fourth-order valence-corrected chi connectivity index (χ4v) is 6.48. The monoisotopic (exact) mass is 736 g/mol. The van der Waals surface area contributed by atoms with Crippen LogP contribution in [0.5, 0.6) is 0 Å². The zero-order chi connectivity index (χ0) is 37.0. The zero-order valence-electron chi connectivity index (χ0n) is 30.8. The normalized spacial score (nSPS) is 21.8. The summed E-state index contributed by atoms with van der Waals surface area (Å²) in [6.07, 6.45) is 17.1. The molecule has 0 spiro atoms. The molecule has 4 N–H and O–H groups in total. The van der Waals surface area contributed by atoms with Crippen LogP contribution >= 0.6 is 0 Å². The molecule has 0 aliphatic carbocycles. The van der Waals surface area contributed by atoms with Gasteiger partial charge in [0.25, 0.3) is 10.1 Å². The van der Waals surface area contributed by atoms with Crippen molar-refractivity contribution in [2.45, 2.75) is 192 Å². The lowest BCUT2D eigenvalue weighted by molar-refractivity contribution is -0.297. The maximum atomic E-state index is 12.7. The van der Waals surface area contributed by atoms with Crippen molar-refractivity contribution in [3.05, 3.63) is 12.2 Å². The minimum atomic E-state index is -4.59. The van der Waals surface area contributed by atoms with Gasteiger partial charge in [0.1, 0.15) is 36.8 Å². The van der Waals surface area contributed by atoms with Gasteiger partial charge < -0.3 is 34.3 Å². The summed E-state index contributed by atoms with van der Waals surface area (Å²) >= 11 is 0. The molecule has 0 aromatic rings. The number of esters is 2. The van der Waals surface area contributed by atoms with E-state index >= 15 is 0 Å². The highest BCUT2D eigenvalue weighted by Gasteiger charge is 2.46. The number of carbonyl (C=O) groups excluding carboxylic acids is 2. The quantitative estimate of drug-likeness (QED) is 0.0269. The van der Waals surface area contributed by atoms with Crippen LogP contribution in [0.2, 0.25) is 0 Å². The molecule has 13 heteroatoms. The Hall–Kier alpha value is -1.61. The molecule has 6 unspecified atom stereocenters. The van der Waals surface area contributed by atoms with Crippen LogP contribution in [0, 0.1) is 0 Å². The Labute approximate surface area is 301 Å². The second kappa shape index (κ2) is 28.9. The Kier molecular flexibility index (Phi) is 26.8. The number of carbonyl (C=O) groups is 2. The summed E-state index contributed by atoms with van der Waals surface area (Å²) in [5.74, 6) is -1.99. The highest BCUT2D eigenvalue weighted by Crippen LogP contribution is 2.24. The van der Waals surface area contributed by atoms with E-state index in [1.54, 1.807) is 0 Å². The number of hydrogen-bond donors (Lipinski definition) is 4. The number of hydrogen-bond acceptors (Lipinski definition) is 11. The average Bonchev–Trinajstić information content (AvgIpc) is 3.07. The topological polar surface area (TPSA) is 186 Å². The Morgan fingerprint density at radius 3 is 1.70 bits per heavy atom. The summed E-state index contributed by atoms with van der Waals surface area (Å²) in [7, 11) is -4.59. The lowest BCUT2D eigenvalue weighted by atomic mass is 10.00. The molecule has 1 heterocycles. The van der Waals surface area contributed by atoms with E-state index in [0.29, 0.717) is 12.8 Å². The highest BCUT2D eigenvalue weighted by molar-refractivity contribution is 7.85. The van der Waals surface area contributed by atoms with E-state index in [0.717, 1.165) is 57.8 Å². The summed E-state index contributed by atoms with van der Waals surface area (Å²) < 4.78 is 53.7. The minimum Gasteiger partial charge on any atom is -0.462 e. The van der Waals surface area contributed by atoms with Crippen LogP contribution in [0.4, 0.5) is 0 Å². The molecule has 6 atom stereocenters.